The number of sulfonamides is 1. The molecular weight excluding hydrogens is 762 g/mol. The van der Waals surface area contributed by atoms with Gasteiger partial charge in [-0.15, -0.1) is 0 Å². The third kappa shape index (κ3) is 9.24. The number of nitrogens with one attached hydrogen (secondary N) is 1. The summed E-state index contributed by atoms with van der Waals surface area (Å²) in [5.74, 6) is 0.549. The van der Waals surface area contributed by atoms with Crippen LogP contribution in [-0.4, -0.2) is 86.4 Å². The molecule has 0 amide bonds. The van der Waals surface area contributed by atoms with Gasteiger partial charge in [0.15, 0.2) is 0 Å². The van der Waals surface area contributed by atoms with Crippen LogP contribution in [0.15, 0.2) is 102 Å². The Morgan fingerprint density at radius 3 is 2.11 bits per heavy atom. The summed E-state index contributed by atoms with van der Waals surface area (Å²) in [6.07, 6.45) is 1.20. The highest BCUT2D eigenvalue weighted by Gasteiger charge is 2.52. The fourth-order valence-electron chi connectivity index (χ4n) is 7.75. The average molecular weight is 813 g/mol. The monoisotopic (exact) mass is 811 g/mol. The number of fused-ring (bicyclic) bond motifs is 1. The molecule has 6 rings (SSSR count). The van der Waals surface area contributed by atoms with E-state index < -0.39 is 18.3 Å². The van der Waals surface area contributed by atoms with Gasteiger partial charge in [0.1, 0.15) is 11.9 Å². The van der Waals surface area contributed by atoms with Crippen molar-refractivity contribution in [3.63, 3.8) is 0 Å². The summed E-state index contributed by atoms with van der Waals surface area (Å²) in [5.41, 5.74) is 7.37. The molecule has 1 heterocycles. The smallest absolute Gasteiger partial charge is 0.261 e. The molecule has 290 valence electrons. The standard InChI is InChI=1S/C41H51Cl2N3O6SSi/c1-41(2,3)54(34-10-6-4-7-11-34,35-12-8-5-9-13-35)52-32-18-21-46(29-32)39-28-36-37(26-30(42)27-38(36)43)40(39)51-31-14-16-33(17-15-31)53(47,48)45-20-23-50-25-24-49-22-19-44/h4-17,26-27,32,39-40,45H,18-25,28-29,44H2,1-3H3/t32-,39+,40+/m1/s1. The highest BCUT2D eigenvalue weighted by molar-refractivity contribution is 7.89. The molecule has 54 heavy (non-hydrogen) atoms. The molecule has 0 bridgehead atoms. The van der Waals surface area contributed by atoms with Crippen molar-refractivity contribution in [2.75, 3.05) is 52.6 Å². The van der Waals surface area contributed by atoms with Gasteiger partial charge in [-0.1, -0.05) is 105 Å². The molecular formula is C41H51Cl2N3O6SSi. The van der Waals surface area contributed by atoms with Crippen LogP contribution in [0.1, 0.15) is 44.4 Å². The van der Waals surface area contributed by atoms with Gasteiger partial charge in [0.25, 0.3) is 8.32 Å². The van der Waals surface area contributed by atoms with Gasteiger partial charge in [0.05, 0.1) is 43.5 Å². The first kappa shape index (κ1) is 40.8. The number of halogens is 2. The quantitative estimate of drug-likeness (QED) is 0.0994. The van der Waals surface area contributed by atoms with E-state index in [1.54, 1.807) is 30.3 Å². The molecule has 1 saturated heterocycles. The number of hydrogen-bond acceptors (Lipinski definition) is 8. The average Bonchev–Trinajstić information content (AvgIpc) is 3.77. The van der Waals surface area contributed by atoms with E-state index in [1.165, 1.54) is 10.4 Å². The Kier molecular flexibility index (Phi) is 13.6. The minimum atomic E-state index is -3.75. The number of rotatable bonds is 17. The Labute approximate surface area is 331 Å². The van der Waals surface area contributed by atoms with Crippen molar-refractivity contribution in [2.45, 2.75) is 61.8 Å². The third-order valence-corrected chi connectivity index (χ3v) is 17.4. The molecule has 3 N–H and O–H groups in total. The van der Waals surface area contributed by atoms with Crippen LogP contribution in [-0.2, 0) is 30.3 Å². The highest BCUT2D eigenvalue weighted by Crippen LogP contribution is 2.44. The van der Waals surface area contributed by atoms with Gasteiger partial charge in [0.2, 0.25) is 10.0 Å². The van der Waals surface area contributed by atoms with Crippen molar-refractivity contribution in [3.05, 3.63) is 118 Å². The van der Waals surface area contributed by atoms with Crippen LogP contribution in [0.5, 0.6) is 5.75 Å². The molecule has 3 atom stereocenters. The van der Waals surface area contributed by atoms with Crippen LogP contribution in [0, 0.1) is 0 Å². The molecule has 9 nitrogen and oxygen atoms in total. The zero-order valence-corrected chi connectivity index (χ0v) is 34.5. The Bertz CT molecular complexity index is 1890. The van der Waals surface area contributed by atoms with E-state index in [0.29, 0.717) is 48.6 Å². The van der Waals surface area contributed by atoms with E-state index >= 15 is 0 Å². The van der Waals surface area contributed by atoms with E-state index in [1.807, 2.05) is 6.07 Å². The number of ether oxygens (including phenoxy) is 3. The SMILES string of the molecule is CC(C)(C)[Si](O[C@@H]1CCN([C@H]2Cc3c(Cl)cc(Cl)cc3[C@@H]2Oc2ccc(S(=O)(=O)NCCOCCOCCN)cc2)C1)(c1ccccc1)c1ccccc1. The molecule has 0 saturated carbocycles. The molecule has 0 aromatic heterocycles. The zero-order chi connectivity index (χ0) is 38.3. The maximum absolute atomic E-state index is 13.0. The van der Waals surface area contributed by atoms with Crippen LogP contribution in [0.3, 0.4) is 0 Å². The van der Waals surface area contributed by atoms with Gasteiger partial charge < -0.3 is 24.4 Å². The van der Waals surface area contributed by atoms with Gasteiger partial charge in [-0.25, -0.2) is 13.1 Å². The number of nitrogens with two attached hydrogens (primary N) is 1. The molecule has 1 aliphatic carbocycles. The summed E-state index contributed by atoms with van der Waals surface area (Å²) >= 11 is 13.4. The second-order valence-corrected chi connectivity index (χ2v) is 21.7. The second kappa shape index (κ2) is 18.0. The minimum absolute atomic E-state index is 0.00612. The normalized spacial score (nSPS) is 19.3. The minimum Gasteiger partial charge on any atom is -0.484 e. The van der Waals surface area contributed by atoms with Crippen LogP contribution < -0.4 is 25.6 Å². The van der Waals surface area contributed by atoms with E-state index in [4.69, 9.17) is 47.6 Å². The lowest BCUT2D eigenvalue weighted by Crippen LogP contribution is -2.67. The van der Waals surface area contributed by atoms with Crippen molar-refractivity contribution in [3.8, 4) is 5.75 Å². The van der Waals surface area contributed by atoms with Crippen molar-refractivity contribution in [1.29, 1.82) is 0 Å². The van der Waals surface area contributed by atoms with Crippen molar-refractivity contribution in [2.24, 2.45) is 5.73 Å². The van der Waals surface area contributed by atoms with E-state index in [9.17, 15) is 8.42 Å². The summed E-state index contributed by atoms with van der Waals surface area (Å²) in [5, 5.41) is 3.55. The van der Waals surface area contributed by atoms with Crippen LogP contribution >= 0.6 is 23.2 Å². The number of likely N-dealkylation sites (tertiary alicyclic amines) is 1. The fourth-order valence-corrected chi connectivity index (χ4v) is 14.1. The maximum atomic E-state index is 13.0. The third-order valence-electron chi connectivity index (χ3n) is 10.2. The van der Waals surface area contributed by atoms with Crippen molar-refractivity contribution >= 4 is 51.9 Å². The lowest BCUT2D eigenvalue weighted by Gasteiger charge is -2.44. The molecule has 0 radical (unpaired) electrons. The highest BCUT2D eigenvalue weighted by atomic mass is 35.5. The molecule has 2 aliphatic rings. The fraction of sp³-hybridized carbons (Fsp3) is 0.415. The molecule has 4 aromatic carbocycles. The Balaban J connectivity index is 1.18. The topological polar surface area (TPSA) is 112 Å². The summed E-state index contributed by atoms with van der Waals surface area (Å²) < 4.78 is 53.6. The van der Waals surface area contributed by atoms with Crippen molar-refractivity contribution < 1.29 is 27.1 Å². The molecule has 4 aromatic rings. The molecule has 1 aliphatic heterocycles. The van der Waals surface area contributed by atoms with E-state index in [0.717, 1.165) is 30.6 Å². The summed E-state index contributed by atoms with van der Waals surface area (Å²) in [7, 11) is -6.50. The first-order valence-corrected chi connectivity index (χ1v) is 22.7. The summed E-state index contributed by atoms with van der Waals surface area (Å²) in [6.45, 7) is 10.5. The maximum Gasteiger partial charge on any atom is 0.261 e. The first-order valence-electron chi connectivity index (χ1n) is 18.6. The second-order valence-electron chi connectivity index (χ2n) is 14.8. The summed E-state index contributed by atoms with van der Waals surface area (Å²) in [4.78, 5) is 2.60. The Hall–Kier alpha value is -2.81. The van der Waals surface area contributed by atoms with Crippen LogP contribution in [0.25, 0.3) is 0 Å². The van der Waals surface area contributed by atoms with Crippen molar-refractivity contribution in [1.82, 2.24) is 9.62 Å². The van der Waals surface area contributed by atoms with Gasteiger partial charge in [-0.05, 0) is 70.2 Å². The Morgan fingerprint density at radius 2 is 1.50 bits per heavy atom. The molecule has 13 heteroatoms. The van der Waals surface area contributed by atoms with Crippen LogP contribution in [0.2, 0.25) is 15.1 Å². The lowest BCUT2D eigenvalue weighted by atomic mass is 10.1. The molecule has 1 fully saturated rings. The van der Waals surface area contributed by atoms with Crippen LogP contribution in [0.4, 0.5) is 0 Å². The lowest BCUT2D eigenvalue weighted by molar-refractivity contribution is 0.0530. The summed E-state index contributed by atoms with van der Waals surface area (Å²) in [6, 6.07) is 31.7. The van der Waals surface area contributed by atoms with E-state index in [2.05, 4.69) is 91.1 Å². The predicted molar refractivity (Wildman–Crippen MR) is 218 cm³/mol. The number of nitrogens with zero attached hydrogens (tertiary/aromatic N) is 1. The first-order chi connectivity index (χ1) is 25.9. The van der Waals surface area contributed by atoms with Gasteiger partial charge in [-0.2, -0.15) is 0 Å². The number of benzene rings is 4. The molecule has 0 spiro atoms. The largest absolute Gasteiger partial charge is 0.484 e. The van der Waals surface area contributed by atoms with E-state index in [-0.39, 0.29) is 41.3 Å². The number of hydrogen-bond donors (Lipinski definition) is 2. The zero-order valence-electron chi connectivity index (χ0n) is 31.2. The van der Waals surface area contributed by atoms with Gasteiger partial charge in [0, 0.05) is 41.8 Å². The predicted octanol–water partition coefficient (Wildman–Crippen LogP) is 5.96. The van der Waals surface area contributed by atoms with Gasteiger partial charge in [-0.3, -0.25) is 4.90 Å². The molecule has 0 unspecified atom stereocenters. The Morgan fingerprint density at radius 1 is 0.870 bits per heavy atom. The van der Waals surface area contributed by atoms with Gasteiger partial charge >= 0.3 is 0 Å².